The molecule has 2 heterocycles. The molecule has 1 aliphatic rings. The average molecular weight is 328 g/mol. The average Bonchev–Trinajstić information content (AvgIpc) is 2.62. The van der Waals surface area contributed by atoms with Gasteiger partial charge >= 0.3 is 0 Å². The predicted octanol–water partition coefficient (Wildman–Crippen LogP) is 3.56. The Morgan fingerprint density at radius 2 is 1.87 bits per heavy atom. The molecule has 5 heteroatoms. The summed E-state index contributed by atoms with van der Waals surface area (Å²) in [6.45, 7) is 1.76. The van der Waals surface area contributed by atoms with E-state index in [1.807, 2.05) is 36.4 Å². The van der Waals surface area contributed by atoms with Crippen molar-refractivity contribution in [1.82, 2.24) is 4.98 Å². The summed E-state index contributed by atoms with van der Waals surface area (Å²) in [5.74, 6) is 0.249. The number of hydrogen-bond donors (Lipinski definition) is 1. The third-order valence-corrected chi connectivity index (χ3v) is 4.68. The quantitative estimate of drug-likeness (QED) is 0.936. The fourth-order valence-electron chi connectivity index (χ4n) is 3.04. The lowest BCUT2D eigenvalue weighted by Crippen LogP contribution is -2.35. The lowest BCUT2D eigenvalue weighted by atomic mass is 9.87. The Labute approximate surface area is 141 Å². The van der Waals surface area contributed by atoms with E-state index in [0.717, 1.165) is 37.2 Å². The number of halogens is 1. The summed E-state index contributed by atoms with van der Waals surface area (Å²) in [6.07, 6.45) is 3.13. The van der Waals surface area contributed by atoms with Gasteiger partial charge < -0.3 is 10.0 Å². The molecule has 3 rings (SSSR count). The van der Waals surface area contributed by atoms with E-state index in [9.17, 15) is 5.11 Å². The maximum Gasteiger partial charge on any atom is 0.140 e. The molecule has 0 radical (unpaired) electrons. The summed E-state index contributed by atoms with van der Waals surface area (Å²) in [5, 5.41) is 20.0. The topological polar surface area (TPSA) is 60.2 Å². The predicted molar refractivity (Wildman–Crippen MR) is 90.3 cm³/mol. The van der Waals surface area contributed by atoms with E-state index in [-0.39, 0.29) is 5.92 Å². The molecule has 2 aromatic rings. The van der Waals surface area contributed by atoms with Crippen molar-refractivity contribution in [3.05, 3.63) is 58.9 Å². The summed E-state index contributed by atoms with van der Waals surface area (Å²) < 4.78 is 0. The highest BCUT2D eigenvalue weighted by molar-refractivity contribution is 6.30. The van der Waals surface area contributed by atoms with Crippen molar-refractivity contribution < 1.29 is 5.11 Å². The number of rotatable bonds is 3. The number of pyridine rings is 1. The second-order valence-electron chi connectivity index (χ2n) is 5.83. The van der Waals surface area contributed by atoms with E-state index < -0.39 is 6.10 Å². The van der Waals surface area contributed by atoms with E-state index >= 15 is 0 Å². The van der Waals surface area contributed by atoms with Gasteiger partial charge in [-0.15, -0.1) is 0 Å². The molecule has 23 heavy (non-hydrogen) atoms. The second kappa shape index (κ2) is 6.99. The van der Waals surface area contributed by atoms with E-state index in [0.29, 0.717) is 10.7 Å². The largest absolute Gasteiger partial charge is 0.388 e. The van der Waals surface area contributed by atoms with Crippen LogP contribution in [0.15, 0.2) is 42.6 Å². The Morgan fingerprint density at radius 1 is 1.17 bits per heavy atom. The van der Waals surface area contributed by atoms with Crippen molar-refractivity contribution in [3.63, 3.8) is 0 Å². The molecular formula is C18H18ClN3O. The number of anilines is 1. The van der Waals surface area contributed by atoms with Gasteiger partial charge in [0.2, 0.25) is 0 Å². The molecule has 0 aliphatic carbocycles. The summed E-state index contributed by atoms with van der Waals surface area (Å²) in [7, 11) is 0. The summed E-state index contributed by atoms with van der Waals surface area (Å²) in [5.41, 5.74) is 2.39. The SMILES string of the molecule is N#Cc1ccc(N2CCC([C@@H](O)c3ccc(Cl)cc3)CC2)cn1. The number of hydrogen-bond acceptors (Lipinski definition) is 4. The van der Waals surface area contributed by atoms with Gasteiger partial charge in [0.15, 0.2) is 0 Å². The fraction of sp³-hybridized carbons (Fsp3) is 0.333. The first-order valence-corrected chi connectivity index (χ1v) is 8.10. The molecule has 0 unspecified atom stereocenters. The van der Waals surface area contributed by atoms with Crippen molar-refractivity contribution in [2.75, 3.05) is 18.0 Å². The molecular weight excluding hydrogens is 310 g/mol. The van der Waals surface area contributed by atoms with Crippen LogP contribution in [-0.4, -0.2) is 23.2 Å². The number of aliphatic hydroxyl groups is 1. The lowest BCUT2D eigenvalue weighted by molar-refractivity contribution is 0.0930. The second-order valence-corrected chi connectivity index (χ2v) is 6.27. The van der Waals surface area contributed by atoms with Gasteiger partial charge in [-0.1, -0.05) is 23.7 Å². The minimum absolute atomic E-state index is 0.249. The standard InChI is InChI=1S/C18H18ClN3O/c19-15-3-1-13(2-4-15)18(23)14-7-9-22(10-8-14)17-6-5-16(11-20)21-12-17/h1-6,12,14,18,23H,7-10H2/t18-/m0/s1. The molecule has 0 bridgehead atoms. The zero-order valence-corrected chi connectivity index (χ0v) is 13.4. The van der Waals surface area contributed by atoms with Gasteiger partial charge in [0, 0.05) is 18.1 Å². The molecule has 1 aliphatic heterocycles. The molecule has 0 amide bonds. The first kappa shape index (κ1) is 15.8. The highest BCUT2D eigenvalue weighted by Gasteiger charge is 2.26. The van der Waals surface area contributed by atoms with Gasteiger partial charge in [0.25, 0.3) is 0 Å². The molecule has 118 valence electrons. The Hall–Kier alpha value is -2.09. The zero-order chi connectivity index (χ0) is 16.2. The molecule has 1 aromatic carbocycles. The first-order chi connectivity index (χ1) is 11.2. The number of nitriles is 1. The number of aliphatic hydroxyl groups excluding tert-OH is 1. The molecule has 0 spiro atoms. The molecule has 1 fully saturated rings. The number of piperidine rings is 1. The Balaban J connectivity index is 1.61. The highest BCUT2D eigenvalue weighted by atomic mass is 35.5. The molecule has 1 atom stereocenters. The Morgan fingerprint density at radius 3 is 2.43 bits per heavy atom. The summed E-state index contributed by atoms with van der Waals surface area (Å²) in [4.78, 5) is 6.37. The Kier molecular flexibility index (Phi) is 4.80. The van der Waals surface area contributed by atoms with Crippen LogP contribution in [0.2, 0.25) is 5.02 Å². The van der Waals surface area contributed by atoms with Crippen LogP contribution in [0.1, 0.15) is 30.2 Å². The molecule has 1 N–H and O–H groups in total. The van der Waals surface area contributed by atoms with Crippen LogP contribution in [0.4, 0.5) is 5.69 Å². The van der Waals surface area contributed by atoms with Gasteiger partial charge in [0.1, 0.15) is 11.8 Å². The highest BCUT2D eigenvalue weighted by Crippen LogP contribution is 2.32. The minimum Gasteiger partial charge on any atom is -0.388 e. The first-order valence-electron chi connectivity index (χ1n) is 7.72. The lowest BCUT2D eigenvalue weighted by Gasteiger charge is -2.35. The van der Waals surface area contributed by atoms with Crippen LogP contribution < -0.4 is 4.90 Å². The van der Waals surface area contributed by atoms with Crippen molar-refractivity contribution in [2.24, 2.45) is 5.92 Å². The van der Waals surface area contributed by atoms with Gasteiger partial charge in [0.05, 0.1) is 18.0 Å². The van der Waals surface area contributed by atoms with Crippen molar-refractivity contribution in [1.29, 1.82) is 5.26 Å². The molecule has 4 nitrogen and oxygen atoms in total. The van der Waals surface area contributed by atoms with E-state index in [2.05, 4.69) is 9.88 Å². The van der Waals surface area contributed by atoms with Gasteiger partial charge in [-0.3, -0.25) is 0 Å². The van der Waals surface area contributed by atoms with Crippen LogP contribution in [-0.2, 0) is 0 Å². The van der Waals surface area contributed by atoms with E-state index in [4.69, 9.17) is 16.9 Å². The van der Waals surface area contributed by atoms with Crippen LogP contribution in [0, 0.1) is 17.2 Å². The van der Waals surface area contributed by atoms with Crippen molar-refractivity contribution in [2.45, 2.75) is 18.9 Å². The number of benzene rings is 1. The number of nitrogens with zero attached hydrogens (tertiary/aromatic N) is 3. The van der Waals surface area contributed by atoms with Gasteiger partial charge in [-0.05, 0) is 48.6 Å². The Bertz CT molecular complexity index is 686. The van der Waals surface area contributed by atoms with E-state index in [1.165, 1.54) is 0 Å². The minimum atomic E-state index is -0.450. The van der Waals surface area contributed by atoms with Crippen LogP contribution in [0.25, 0.3) is 0 Å². The fourth-order valence-corrected chi connectivity index (χ4v) is 3.17. The van der Waals surface area contributed by atoms with Gasteiger partial charge in [-0.2, -0.15) is 5.26 Å². The maximum atomic E-state index is 10.6. The van der Waals surface area contributed by atoms with Gasteiger partial charge in [-0.25, -0.2) is 4.98 Å². The van der Waals surface area contributed by atoms with Crippen molar-refractivity contribution >= 4 is 17.3 Å². The smallest absolute Gasteiger partial charge is 0.140 e. The summed E-state index contributed by atoms with van der Waals surface area (Å²) >= 11 is 5.90. The maximum absolute atomic E-state index is 10.6. The third kappa shape index (κ3) is 3.64. The zero-order valence-electron chi connectivity index (χ0n) is 12.7. The number of aromatic nitrogens is 1. The third-order valence-electron chi connectivity index (χ3n) is 4.43. The summed E-state index contributed by atoms with van der Waals surface area (Å²) in [6, 6.07) is 13.1. The molecule has 1 aromatic heterocycles. The van der Waals surface area contributed by atoms with Crippen LogP contribution >= 0.6 is 11.6 Å². The monoisotopic (exact) mass is 327 g/mol. The van der Waals surface area contributed by atoms with Crippen LogP contribution in [0.3, 0.4) is 0 Å². The van der Waals surface area contributed by atoms with Crippen LogP contribution in [0.5, 0.6) is 0 Å². The molecule has 0 saturated carbocycles. The molecule has 1 saturated heterocycles. The normalized spacial score (nSPS) is 16.8. The van der Waals surface area contributed by atoms with Crippen molar-refractivity contribution in [3.8, 4) is 6.07 Å². The van der Waals surface area contributed by atoms with E-state index in [1.54, 1.807) is 12.3 Å².